The highest BCUT2D eigenvalue weighted by atomic mass is 79.9. The Morgan fingerprint density at radius 3 is 2.65 bits per heavy atom. The van der Waals surface area contributed by atoms with Crippen molar-refractivity contribution in [3.05, 3.63) is 39.7 Å². The number of benzene rings is 1. The first kappa shape index (κ1) is 20.1. The molecular weight excluding hydrogens is 400 g/mol. The number of carboxylic acid groups (broad SMARTS) is 1. The van der Waals surface area contributed by atoms with E-state index in [1.807, 2.05) is 13.8 Å². The number of rotatable bonds is 6. The van der Waals surface area contributed by atoms with Gasteiger partial charge in [-0.2, -0.15) is 0 Å². The number of Topliss-reactive ketones (excluding diaryl/α,β-unsaturated/α-hetero) is 1. The maximum absolute atomic E-state index is 12.9. The van der Waals surface area contributed by atoms with Crippen LogP contribution in [-0.2, 0) is 9.59 Å². The van der Waals surface area contributed by atoms with Gasteiger partial charge in [-0.3, -0.25) is 9.59 Å². The van der Waals surface area contributed by atoms with Crippen LogP contribution in [0.25, 0.3) is 4.85 Å². The number of hydrogen-bond acceptors (Lipinski definition) is 3. The standard InChI is InChI=1S/C19H21BrN2O4/c1-11(2)13(18(24)22-8-4-5-16(22)19(25)26)10-17(23)12-6-7-14(20)15(9-12)21-3/h6-7,9,11,13,16H,4-5,8,10H2,1-2H3,(H,25,26)/t13-,16-/m0/s1. The molecule has 6 nitrogen and oxygen atoms in total. The largest absolute Gasteiger partial charge is 0.480 e. The SMILES string of the molecule is [C-]#[N+]c1cc(C(=O)C[C@H](C(=O)N2CCC[C@H]2C(=O)O)C(C)C)ccc1Br. The van der Waals surface area contributed by atoms with E-state index in [1.54, 1.807) is 12.1 Å². The van der Waals surface area contributed by atoms with Gasteiger partial charge in [0.25, 0.3) is 0 Å². The second-order valence-corrected chi connectivity index (χ2v) is 7.64. The van der Waals surface area contributed by atoms with Gasteiger partial charge in [0.2, 0.25) is 11.6 Å². The van der Waals surface area contributed by atoms with Gasteiger partial charge >= 0.3 is 5.97 Å². The number of carbonyl (C=O) groups excluding carboxylic acids is 2. The zero-order valence-electron chi connectivity index (χ0n) is 14.7. The molecule has 7 heteroatoms. The third kappa shape index (κ3) is 4.31. The van der Waals surface area contributed by atoms with E-state index in [0.717, 1.165) is 0 Å². The minimum absolute atomic E-state index is 0.00158. The van der Waals surface area contributed by atoms with Crippen LogP contribution < -0.4 is 0 Å². The quantitative estimate of drug-likeness (QED) is 0.558. The Balaban J connectivity index is 2.20. The second kappa shape index (κ2) is 8.45. The van der Waals surface area contributed by atoms with Gasteiger partial charge in [-0.05, 0) is 24.8 Å². The molecule has 1 N–H and O–H groups in total. The van der Waals surface area contributed by atoms with E-state index in [0.29, 0.717) is 35.1 Å². The highest BCUT2D eigenvalue weighted by molar-refractivity contribution is 9.10. The average molecular weight is 421 g/mol. The number of aliphatic carboxylic acids is 1. The van der Waals surface area contributed by atoms with Crippen LogP contribution in [0.1, 0.15) is 43.5 Å². The first-order valence-electron chi connectivity index (χ1n) is 8.49. The molecule has 2 rings (SSSR count). The minimum Gasteiger partial charge on any atom is -0.480 e. The normalized spacial score (nSPS) is 17.8. The lowest BCUT2D eigenvalue weighted by atomic mass is 9.87. The molecule has 0 unspecified atom stereocenters. The predicted molar refractivity (Wildman–Crippen MR) is 100 cm³/mol. The maximum Gasteiger partial charge on any atom is 0.326 e. The number of halogens is 1. The van der Waals surface area contributed by atoms with Crippen molar-refractivity contribution in [3.8, 4) is 0 Å². The number of hydrogen-bond donors (Lipinski definition) is 1. The van der Waals surface area contributed by atoms with Crippen LogP contribution in [0, 0.1) is 18.4 Å². The zero-order chi connectivity index (χ0) is 19.4. The van der Waals surface area contributed by atoms with E-state index in [4.69, 9.17) is 6.57 Å². The molecule has 0 saturated carbocycles. The van der Waals surface area contributed by atoms with Crippen molar-refractivity contribution < 1.29 is 19.5 Å². The van der Waals surface area contributed by atoms with Gasteiger partial charge in [0.1, 0.15) is 6.04 Å². The van der Waals surface area contributed by atoms with Gasteiger partial charge in [0.05, 0.1) is 6.57 Å². The highest BCUT2D eigenvalue weighted by Crippen LogP contribution is 2.29. The summed E-state index contributed by atoms with van der Waals surface area (Å²) in [5.41, 5.74) is 0.725. The van der Waals surface area contributed by atoms with E-state index in [9.17, 15) is 19.5 Å². The molecule has 0 radical (unpaired) electrons. The fourth-order valence-electron chi connectivity index (χ4n) is 3.20. The van der Waals surface area contributed by atoms with Crippen LogP contribution in [0.2, 0.25) is 0 Å². The third-order valence-corrected chi connectivity index (χ3v) is 5.41. The van der Waals surface area contributed by atoms with Crippen LogP contribution in [0.4, 0.5) is 5.69 Å². The topological polar surface area (TPSA) is 79.0 Å². The van der Waals surface area contributed by atoms with Crippen molar-refractivity contribution in [2.45, 2.75) is 39.2 Å². The maximum atomic E-state index is 12.9. The molecule has 1 saturated heterocycles. The summed E-state index contributed by atoms with van der Waals surface area (Å²) in [4.78, 5) is 41.7. The van der Waals surface area contributed by atoms with Crippen LogP contribution in [0.3, 0.4) is 0 Å². The molecule has 1 aliphatic heterocycles. The Morgan fingerprint density at radius 2 is 2.08 bits per heavy atom. The van der Waals surface area contributed by atoms with Crippen molar-refractivity contribution in [1.82, 2.24) is 4.90 Å². The molecular formula is C19H21BrN2O4. The molecule has 0 aromatic heterocycles. The van der Waals surface area contributed by atoms with Crippen molar-refractivity contribution in [2.75, 3.05) is 6.54 Å². The van der Waals surface area contributed by atoms with Crippen LogP contribution >= 0.6 is 15.9 Å². The summed E-state index contributed by atoms with van der Waals surface area (Å²) < 4.78 is 0.613. The van der Waals surface area contributed by atoms with Gasteiger partial charge in [0.15, 0.2) is 5.78 Å². The summed E-state index contributed by atoms with van der Waals surface area (Å²) in [7, 11) is 0. The van der Waals surface area contributed by atoms with Gasteiger partial charge in [-0.25, -0.2) is 9.64 Å². The van der Waals surface area contributed by atoms with Crippen LogP contribution in [0.5, 0.6) is 0 Å². The van der Waals surface area contributed by atoms with Crippen molar-refractivity contribution >= 4 is 39.3 Å². The third-order valence-electron chi connectivity index (χ3n) is 4.74. The van der Waals surface area contributed by atoms with Crippen molar-refractivity contribution in [2.24, 2.45) is 11.8 Å². The van der Waals surface area contributed by atoms with Gasteiger partial charge in [-0.1, -0.05) is 41.9 Å². The molecule has 1 heterocycles. The van der Waals surface area contributed by atoms with Crippen molar-refractivity contribution in [1.29, 1.82) is 0 Å². The van der Waals surface area contributed by atoms with E-state index in [-0.39, 0.29) is 24.0 Å². The number of likely N-dealkylation sites (tertiary alicyclic amines) is 1. The molecule has 138 valence electrons. The fraction of sp³-hybridized carbons (Fsp3) is 0.474. The Hall–Kier alpha value is -2.20. The summed E-state index contributed by atoms with van der Waals surface area (Å²) in [5.74, 6) is -2.18. The summed E-state index contributed by atoms with van der Waals surface area (Å²) >= 11 is 3.26. The molecule has 1 amide bonds. The molecule has 26 heavy (non-hydrogen) atoms. The smallest absolute Gasteiger partial charge is 0.326 e. The number of amides is 1. The molecule has 1 aromatic rings. The Labute approximate surface area is 161 Å². The molecule has 0 spiro atoms. The van der Waals surface area contributed by atoms with Gasteiger partial charge in [-0.15, -0.1) is 0 Å². The van der Waals surface area contributed by atoms with E-state index < -0.39 is 17.9 Å². The van der Waals surface area contributed by atoms with E-state index in [2.05, 4.69) is 20.8 Å². The van der Waals surface area contributed by atoms with Gasteiger partial charge in [0, 0.05) is 28.9 Å². The van der Waals surface area contributed by atoms with Crippen LogP contribution in [-0.4, -0.2) is 40.3 Å². The number of ketones is 1. The Morgan fingerprint density at radius 1 is 1.38 bits per heavy atom. The van der Waals surface area contributed by atoms with Gasteiger partial charge < -0.3 is 10.0 Å². The number of carboxylic acids is 1. The Kier molecular flexibility index (Phi) is 6.54. The molecule has 1 aromatic carbocycles. The fourth-order valence-corrected chi connectivity index (χ4v) is 3.53. The predicted octanol–water partition coefficient (Wildman–Crippen LogP) is 3.92. The molecule has 1 aliphatic rings. The number of nitrogens with zero attached hydrogens (tertiary/aromatic N) is 2. The summed E-state index contributed by atoms with van der Waals surface area (Å²) in [6, 6.07) is 3.98. The average Bonchev–Trinajstić information content (AvgIpc) is 3.09. The monoisotopic (exact) mass is 420 g/mol. The zero-order valence-corrected chi connectivity index (χ0v) is 16.3. The molecule has 1 fully saturated rings. The van der Waals surface area contributed by atoms with E-state index in [1.165, 1.54) is 11.0 Å². The summed E-state index contributed by atoms with van der Waals surface area (Å²) in [6.07, 6.45) is 1.10. The highest BCUT2D eigenvalue weighted by Gasteiger charge is 2.38. The molecule has 2 atom stereocenters. The summed E-state index contributed by atoms with van der Waals surface area (Å²) in [6.45, 7) is 11.3. The lowest BCUT2D eigenvalue weighted by Crippen LogP contribution is -2.45. The number of carbonyl (C=O) groups is 3. The second-order valence-electron chi connectivity index (χ2n) is 6.78. The molecule has 0 aliphatic carbocycles. The Bertz CT molecular complexity index is 769. The first-order chi connectivity index (χ1) is 12.3. The lowest BCUT2D eigenvalue weighted by Gasteiger charge is -2.28. The molecule has 0 bridgehead atoms. The van der Waals surface area contributed by atoms with Crippen molar-refractivity contribution in [3.63, 3.8) is 0 Å². The lowest BCUT2D eigenvalue weighted by molar-refractivity contribution is -0.150. The van der Waals surface area contributed by atoms with E-state index >= 15 is 0 Å². The first-order valence-corrected chi connectivity index (χ1v) is 9.29. The summed E-state index contributed by atoms with van der Waals surface area (Å²) in [5, 5.41) is 9.30. The minimum atomic E-state index is -1.00. The van der Waals surface area contributed by atoms with Crippen LogP contribution in [0.15, 0.2) is 22.7 Å².